The molecule has 0 unspecified atom stereocenters. The normalized spacial score (nSPS) is 13.8. The summed E-state index contributed by atoms with van der Waals surface area (Å²) in [5, 5.41) is 12.7. The first-order chi connectivity index (χ1) is 10.5. The zero-order valence-electron chi connectivity index (χ0n) is 12.9. The first kappa shape index (κ1) is 16.8. The van der Waals surface area contributed by atoms with Crippen LogP contribution in [0, 0.1) is 0 Å². The molecule has 0 amide bonds. The van der Waals surface area contributed by atoms with Gasteiger partial charge < -0.3 is 9.84 Å². The number of ether oxygens (including phenoxy) is 1. The van der Waals surface area contributed by atoms with Crippen molar-refractivity contribution in [1.29, 1.82) is 0 Å². The van der Waals surface area contributed by atoms with Crippen molar-refractivity contribution in [3.63, 3.8) is 0 Å². The Morgan fingerprint density at radius 3 is 2.50 bits per heavy atom. The van der Waals surface area contributed by atoms with Crippen molar-refractivity contribution in [2.45, 2.75) is 31.6 Å². The van der Waals surface area contributed by atoms with E-state index in [1.165, 1.54) is 0 Å². The number of fused-ring (bicyclic) bond motifs is 1. The third kappa shape index (κ3) is 3.43. The number of benzene rings is 2. The number of carboxylic acids is 1. The molecule has 0 fully saturated rings. The van der Waals surface area contributed by atoms with Crippen LogP contribution in [0.15, 0.2) is 36.4 Å². The highest BCUT2D eigenvalue weighted by Crippen LogP contribution is 2.33. The first-order valence-electron chi connectivity index (χ1n) is 7.39. The largest absolute Gasteiger partial charge is 0.497 e. The molecule has 3 nitrogen and oxygen atoms in total. The van der Waals surface area contributed by atoms with E-state index >= 15 is 0 Å². The van der Waals surface area contributed by atoms with Gasteiger partial charge in [-0.25, -0.2) is 0 Å². The van der Waals surface area contributed by atoms with Gasteiger partial charge in [-0.3, -0.25) is 4.79 Å². The monoisotopic (exact) mass is 364 g/mol. The van der Waals surface area contributed by atoms with Crippen LogP contribution in [-0.2, 0) is 10.2 Å². The van der Waals surface area contributed by atoms with Crippen LogP contribution < -0.4 is 4.74 Å². The van der Waals surface area contributed by atoms with Gasteiger partial charge in [0.25, 0.3) is 0 Å². The third-order valence-corrected chi connectivity index (χ3v) is 4.78. The van der Waals surface area contributed by atoms with Gasteiger partial charge in [0.05, 0.1) is 12.5 Å². The van der Waals surface area contributed by atoms with Crippen LogP contribution in [0.25, 0.3) is 10.8 Å². The highest BCUT2D eigenvalue weighted by molar-refractivity contribution is 9.09. The van der Waals surface area contributed by atoms with Crippen molar-refractivity contribution in [3.05, 3.63) is 42.0 Å². The molecule has 4 heteroatoms. The van der Waals surface area contributed by atoms with E-state index in [0.717, 1.165) is 40.3 Å². The van der Waals surface area contributed by atoms with E-state index in [-0.39, 0.29) is 0 Å². The van der Waals surface area contributed by atoms with E-state index in [0.29, 0.717) is 6.42 Å². The Morgan fingerprint density at radius 2 is 1.86 bits per heavy atom. The summed E-state index contributed by atoms with van der Waals surface area (Å²) in [5.74, 6) is 0.0356. The molecule has 0 spiro atoms. The van der Waals surface area contributed by atoms with Gasteiger partial charge in [0, 0.05) is 5.33 Å². The molecule has 0 radical (unpaired) electrons. The van der Waals surface area contributed by atoms with E-state index in [4.69, 9.17) is 4.74 Å². The van der Waals surface area contributed by atoms with E-state index in [1.54, 1.807) is 7.11 Å². The van der Waals surface area contributed by atoms with Gasteiger partial charge in [0.1, 0.15) is 5.75 Å². The van der Waals surface area contributed by atoms with Gasteiger partial charge in [-0.1, -0.05) is 46.6 Å². The molecule has 2 rings (SSSR count). The second-order valence-corrected chi connectivity index (χ2v) is 6.50. The fraction of sp³-hybridized carbons (Fsp3) is 0.389. The second-order valence-electron chi connectivity index (χ2n) is 5.71. The Labute approximate surface area is 139 Å². The van der Waals surface area contributed by atoms with Gasteiger partial charge in [-0.15, -0.1) is 0 Å². The van der Waals surface area contributed by atoms with Gasteiger partial charge in [0.2, 0.25) is 0 Å². The van der Waals surface area contributed by atoms with Crippen molar-refractivity contribution in [2.75, 3.05) is 12.4 Å². The van der Waals surface area contributed by atoms with Crippen LogP contribution in [0.4, 0.5) is 0 Å². The second kappa shape index (κ2) is 7.14. The fourth-order valence-corrected chi connectivity index (χ4v) is 3.04. The summed E-state index contributed by atoms with van der Waals surface area (Å²) in [6.45, 7) is 1.81. The minimum atomic E-state index is -0.851. The summed E-state index contributed by atoms with van der Waals surface area (Å²) < 4.78 is 5.22. The summed E-state index contributed by atoms with van der Waals surface area (Å²) in [6, 6.07) is 11.7. The Hall–Kier alpha value is -1.55. The van der Waals surface area contributed by atoms with Gasteiger partial charge >= 0.3 is 5.97 Å². The SMILES string of the molecule is COc1ccc2cc([C@](C)(CCCCBr)C(=O)O)ccc2c1. The lowest BCUT2D eigenvalue weighted by molar-refractivity contribution is -0.143. The Balaban J connectivity index is 2.39. The molecular formula is C18H21BrO3. The van der Waals surface area contributed by atoms with Crippen LogP contribution in [0.2, 0.25) is 0 Å². The van der Waals surface area contributed by atoms with Crippen LogP contribution in [0.3, 0.4) is 0 Å². The van der Waals surface area contributed by atoms with Gasteiger partial charge in [-0.05, 0) is 48.2 Å². The average Bonchev–Trinajstić information content (AvgIpc) is 2.53. The molecule has 2 aromatic carbocycles. The van der Waals surface area contributed by atoms with E-state index in [1.807, 2.05) is 43.3 Å². The number of rotatable bonds is 7. The number of carbonyl (C=O) groups is 1. The Morgan fingerprint density at radius 1 is 1.18 bits per heavy atom. The van der Waals surface area contributed by atoms with E-state index in [2.05, 4.69) is 15.9 Å². The molecule has 118 valence electrons. The summed E-state index contributed by atoms with van der Waals surface area (Å²) in [4.78, 5) is 11.8. The van der Waals surface area contributed by atoms with Gasteiger partial charge in [0.15, 0.2) is 0 Å². The minimum Gasteiger partial charge on any atom is -0.497 e. The predicted molar refractivity (Wildman–Crippen MR) is 93.1 cm³/mol. The number of carboxylic acid groups (broad SMARTS) is 1. The summed E-state index contributed by atoms with van der Waals surface area (Å²) in [7, 11) is 1.64. The van der Waals surface area contributed by atoms with Crippen LogP contribution in [0.1, 0.15) is 31.7 Å². The van der Waals surface area contributed by atoms with Crippen molar-refractivity contribution >= 4 is 32.7 Å². The van der Waals surface area contributed by atoms with Crippen LogP contribution >= 0.6 is 15.9 Å². The maximum Gasteiger partial charge on any atom is 0.313 e. The highest BCUT2D eigenvalue weighted by Gasteiger charge is 2.34. The number of aliphatic carboxylic acids is 1. The van der Waals surface area contributed by atoms with Gasteiger partial charge in [-0.2, -0.15) is 0 Å². The molecule has 1 N–H and O–H groups in total. The molecule has 0 aliphatic heterocycles. The first-order valence-corrected chi connectivity index (χ1v) is 8.51. The zero-order valence-corrected chi connectivity index (χ0v) is 14.5. The van der Waals surface area contributed by atoms with Crippen molar-refractivity contribution < 1.29 is 14.6 Å². The molecule has 0 bridgehead atoms. The maximum absolute atomic E-state index is 11.8. The number of hydrogen-bond donors (Lipinski definition) is 1. The number of unbranched alkanes of at least 4 members (excludes halogenated alkanes) is 1. The molecule has 0 aromatic heterocycles. The Kier molecular flexibility index (Phi) is 5.46. The zero-order chi connectivity index (χ0) is 16.2. The molecule has 0 heterocycles. The van der Waals surface area contributed by atoms with E-state index in [9.17, 15) is 9.90 Å². The number of alkyl halides is 1. The van der Waals surface area contributed by atoms with Crippen molar-refractivity contribution in [1.82, 2.24) is 0 Å². The van der Waals surface area contributed by atoms with Crippen LogP contribution in [0.5, 0.6) is 5.75 Å². The number of hydrogen-bond acceptors (Lipinski definition) is 2. The van der Waals surface area contributed by atoms with E-state index < -0.39 is 11.4 Å². The molecule has 1 atom stereocenters. The smallest absolute Gasteiger partial charge is 0.313 e. The molecule has 2 aromatic rings. The lowest BCUT2D eigenvalue weighted by atomic mass is 9.77. The molecule has 0 aliphatic carbocycles. The predicted octanol–water partition coefficient (Wildman–Crippen LogP) is 4.76. The quantitative estimate of drug-likeness (QED) is 0.569. The van der Waals surface area contributed by atoms with Crippen molar-refractivity contribution in [3.8, 4) is 5.75 Å². The lowest BCUT2D eigenvalue weighted by Crippen LogP contribution is -2.32. The standard InChI is InChI=1S/C18H21BrO3/c1-18(17(20)21,9-3-4-10-19)15-7-5-14-12-16(22-2)8-6-13(14)11-15/h5-8,11-12H,3-4,9-10H2,1-2H3,(H,20,21)/t18-/m0/s1. The van der Waals surface area contributed by atoms with Crippen LogP contribution in [-0.4, -0.2) is 23.5 Å². The average molecular weight is 365 g/mol. The van der Waals surface area contributed by atoms with Crippen molar-refractivity contribution in [2.24, 2.45) is 0 Å². The third-order valence-electron chi connectivity index (χ3n) is 4.22. The molecule has 0 aliphatic rings. The summed E-state index contributed by atoms with van der Waals surface area (Å²) in [6.07, 6.45) is 2.50. The maximum atomic E-state index is 11.8. The number of halogens is 1. The molecule has 0 saturated heterocycles. The lowest BCUT2D eigenvalue weighted by Gasteiger charge is -2.25. The highest BCUT2D eigenvalue weighted by atomic mass is 79.9. The summed E-state index contributed by atoms with van der Waals surface area (Å²) in [5.41, 5.74) is 0.00302. The molecule has 0 saturated carbocycles. The molecular weight excluding hydrogens is 344 g/mol. The fourth-order valence-electron chi connectivity index (χ4n) is 2.64. The topological polar surface area (TPSA) is 46.5 Å². The Bertz CT molecular complexity index is 668. The molecule has 22 heavy (non-hydrogen) atoms. The minimum absolute atomic E-state index is 0.635. The summed E-state index contributed by atoms with van der Waals surface area (Å²) >= 11 is 3.40. The number of methoxy groups -OCH3 is 1.